The fraction of sp³-hybridized carbons (Fsp3) is 0.125. The van der Waals surface area contributed by atoms with Crippen LogP contribution < -0.4 is 11.1 Å². The minimum Gasteiger partial charge on any atom is -0.351 e. The largest absolute Gasteiger partial charge is 0.351 e. The summed E-state index contributed by atoms with van der Waals surface area (Å²) < 4.78 is 0.968. The standard InChI is InChI=1S/C16H16BrN3O2/c1-20(10-12-4-2-3-5-14(12)17)15(21)11-6-8-13(9-7-11)19-16(18)22/h2-9H,10H2,1H3,(H3,18,19,22). The molecule has 0 aliphatic heterocycles. The molecule has 0 aromatic heterocycles. The Balaban J connectivity index is 2.07. The molecular formula is C16H16BrN3O2. The van der Waals surface area contributed by atoms with Crippen molar-refractivity contribution in [2.24, 2.45) is 5.73 Å². The molecule has 0 fully saturated rings. The van der Waals surface area contributed by atoms with Gasteiger partial charge < -0.3 is 16.0 Å². The van der Waals surface area contributed by atoms with E-state index in [9.17, 15) is 9.59 Å². The first-order valence-electron chi connectivity index (χ1n) is 6.63. The summed E-state index contributed by atoms with van der Waals surface area (Å²) in [5.41, 5.74) is 7.17. The monoisotopic (exact) mass is 361 g/mol. The second kappa shape index (κ2) is 7.09. The lowest BCUT2D eigenvalue weighted by Gasteiger charge is -2.18. The number of amides is 3. The van der Waals surface area contributed by atoms with E-state index in [1.165, 1.54) is 0 Å². The smallest absolute Gasteiger partial charge is 0.316 e. The maximum absolute atomic E-state index is 12.4. The number of hydrogen-bond acceptors (Lipinski definition) is 2. The maximum Gasteiger partial charge on any atom is 0.316 e. The van der Waals surface area contributed by atoms with Gasteiger partial charge in [-0.1, -0.05) is 34.1 Å². The molecule has 2 aromatic carbocycles. The summed E-state index contributed by atoms with van der Waals surface area (Å²) in [6.45, 7) is 0.502. The van der Waals surface area contributed by atoms with E-state index in [1.807, 2.05) is 24.3 Å². The van der Waals surface area contributed by atoms with E-state index in [2.05, 4.69) is 21.2 Å². The molecule has 3 N–H and O–H groups in total. The Labute approximate surface area is 137 Å². The zero-order valence-corrected chi connectivity index (χ0v) is 13.6. The van der Waals surface area contributed by atoms with Crippen LogP contribution in [0.2, 0.25) is 0 Å². The van der Waals surface area contributed by atoms with Gasteiger partial charge in [-0.2, -0.15) is 0 Å². The van der Waals surface area contributed by atoms with Crippen molar-refractivity contribution in [2.45, 2.75) is 6.54 Å². The lowest BCUT2D eigenvalue weighted by molar-refractivity contribution is 0.0785. The Morgan fingerprint density at radius 2 is 1.77 bits per heavy atom. The average molecular weight is 362 g/mol. The van der Waals surface area contributed by atoms with Crippen molar-refractivity contribution >= 4 is 33.6 Å². The number of benzene rings is 2. The number of carbonyl (C=O) groups excluding carboxylic acids is 2. The van der Waals surface area contributed by atoms with Crippen LogP contribution in [0, 0.1) is 0 Å². The minimum atomic E-state index is -0.634. The average Bonchev–Trinajstić information content (AvgIpc) is 2.49. The van der Waals surface area contributed by atoms with Gasteiger partial charge in [-0.05, 0) is 35.9 Å². The van der Waals surface area contributed by atoms with Crippen molar-refractivity contribution in [1.82, 2.24) is 4.90 Å². The highest BCUT2D eigenvalue weighted by Crippen LogP contribution is 2.18. The number of nitrogens with zero attached hydrogens (tertiary/aromatic N) is 1. The van der Waals surface area contributed by atoms with E-state index in [0.29, 0.717) is 17.8 Å². The Morgan fingerprint density at radius 1 is 1.14 bits per heavy atom. The van der Waals surface area contributed by atoms with Crippen LogP contribution in [0.15, 0.2) is 53.0 Å². The number of urea groups is 1. The van der Waals surface area contributed by atoms with Gasteiger partial charge in [-0.25, -0.2) is 4.79 Å². The fourth-order valence-corrected chi connectivity index (χ4v) is 2.42. The highest BCUT2D eigenvalue weighted by atomic mass is 79.9. The van der Waals surface area contributed by atoms with Crippen LogP contribution in [-0.4, -0.2) is 23.9 Å². The molecule has 0 saturated carbocycles. The lowest BCUT2D eigenvalue weighted by atomic mass is 10.1. The first-order chi connectivity index (χ1) is 10.5. The molecule has 0 radical (unpaired) electrons. The number of carbonyl (C=O) groups is 2. The maximum atomic E-state index is 12.4. The van der Waals surface area contributed by atoms with Gasteiger partial charge in [0.25, 0.3) is 5.91 Å². The lowest BCUT2D eigenvalue weighted by Crippen LogP contribution is -2.26. The Kier molecular flexibility index (Phi) is 5.16. The molecule has 0 aliphatic carbocycles. The van der Waals surface area contributed by atoms with E-state index in [1.54, 1.807) is 36.2 Å². The van der Waals surface area contributed by atoms with Gasteiger partial charge in [0.2, 0.25) is 0 Å². The molecule has 0 heterocycles. The molecule has 22 heavy (non-hydrogen) atoms. The number of halogens is 1. The van der Waals surface area contributed by atoms with Gasteiger partial charge in [-0.15, -0.1) is 0 Å². The van der Waals surface area contributed by atoms with Gasteiger partial charge in [0.05, 0.1) is 0 Å². The zero-order valence-electron chi connectivity index (χ0n) is 12.0. The number of nitrogens with one attached hydrogen (secondary N) is 1. The van der Waals surface area contributed by atoms with Crippen molar-refractivity contribution in [2.75, 3.05) is 12.4 Å². The summed E-state index contributed by atoms with van der Waals surface area (Å²) in [5.74, 6) is -0.0959. The molecule has 5 nitrogen and oxygen atoms in total. The van der Waals surface area contributed by atoms with Gasteiger partial charge in [0.1, 0.15) is 0 Å². The first kappa shape index (κ1) is 16.0. The number of hydrogen-bond donors (Lipinski definition) is 2. The number of anilines is 1. The van der Waals surface area contributed by atoms with Crippen molar-refractivity contribution in [3.63, 3.8) is 0 Å². The minimum absolute atomic E-state index is 0.0959. The topological polar surface area (TPSA) is 75.4 Å². The summed E-state index contributed by atoms with van der Waals surface area (Å²) in [5, 5.41) is 2.46. The van der Waals surface area contributed by atoms with Crippen molar-refractivity contribution in [3.8, 4) is 0 Å². The fourth-order valence-electron chi connectivity index (χ4n) is 2.01. The molecule has 3 amide bonds. The van der Waals surface area contributed by atoms with Crippen LogP contribution >= 0.6 is 15.9 Å². The molecule has 0 spiro atoms. The Morgan fingerprint density at radius 3 is 2.36 bits per heavy atom. The predicted molar refractivity (Wildman–Crippen MR) is 89.6 cm³/mol. The Hall–Kier alpha value is -2.34. The second-order valence-electron chi connectivity index (χ2n) is 4.82. The molecular weight excluding hydrogens is 346 g/mol. The summed E-state index contributed by atoms with van der Waals surface area (Å²) >= 11 is 3.47. The van der Waals surface area contributed by atoms with E-state index >= 15 is 0 Å². The predicted octanol–water partition coefficient (Wildman–Crippen LogP) is 3.21. The number of primary amides is 1. The van der Waals surface area contributed by atoms with E-state index in [-0.39, 0.29) is 5.91 Å². The van der Waals surface area contributed by atoms with Crippen LogP contribution in [0.4, 0.5) is 10.5 Å². The molecule has 6 heteroatoms. The summed E-state index contributed by atoms with van der Waals surface area (Å²) in [7, 11) is 1.75. The molecule has 0 atom stereocenters. The zero-order chi connectivity index (χ0) is 16.1. The Bertz CT molecular complexity index is 686. The summed E-state index contributed by atoms with van der Waals surface area (Å²) in [6, 6.07) is 13.7. The first-order valence-corrected chi connectivity index (χ1v) is 7.42. The molecule has 114 valence electrons. The van der Waals surface area contributed by atoms with Crippen LogP contribution in [0.5, 0.6) is 0 Å². The molecule has 0 unspecified atom stereocenters. The third-order valence-electron chi connectivity index (χ3n) is 3.11. The highest BCUT2D eigenvalue weighted by Gasteiger charge is 2.13. The van der Waals surface area contributed by atoms with E-state index in [4.69, 9.17) is 5.73 Å². The molecule has 2 rings (SSSR count). The van der Waals surface area contributed by atoms with Crippen molar-refractivity contribution < 1.29 is 9.59 Å². The van der Waals surface area contributed by atoms with E-state index < -0.39 is 6.03 Å². The quantitative estimate of drug-likeness (QED) is 0.876. The second-order valence-corrected chi connectivity index (χ2v) is 5.67. The molecule has 0 bridgehead atoms. The van der Waals surface area contributed by atoms with E-state index in [0.717, 1.165) is 10.0 Å². The highest BCUT2D eigenvalue weighted by molar-refractivity contribution is 9.10. The van der Waals surface area contributed by atoms with Gasteiger partial charge in [0.15, 0.2) is 0 Å². The number of nitrogens with two attached hydrogens (primary N) is 1. The summed E-state index contributed by atoms with van der Waals surface area (Å²) in [4.78, 5) is 24.8. The van der Waals surface area contributed by atoms with Crippen molar-refractivity contribution in [3.05, 3.63) is 64.1 Å². The van der Waals surface area contributed by atoms with Crippen LogP contribution in [0.1, 0.15) is 15.9 Å². The van der Waals surface area contributed by atoms with Gasteiger partial charge in [0, 0.05) is 29.3 Å². The van der Waals surface area contributed by atoms with Crippen LogP contribution in [-0.2, 0) is 6.54 Å². The van der Waals surface area contributed by atoms with Crippen LogP contribution in [0.3, 0.4) is 0 Å². The van der Waals surface area contributed by atoms with Crippen LogP contribution in [0.25, 0.3) is 0 Å². The molecule has 2 aromatic rings. The van der Waals surface area contributed by atoms with Gasteiger partial charge >= 0.3 is 6.03 Å². The van der Waals surface area contributed by atoms with Crippen molar-refractivity contribution in [1.29, 1.82) is 0 Å². The molecule has 0 saturated heterocycles. The molecule has 0 aliphatic rings. The third-order valence-corrected chi connectivity index (χ3v) is 3.89. The third kappa shape index (κ3) is 4.08. The number of rotatable bonds is 4. The summed E-state index contributed by atoms with van der Waals surface area (Å²) in [6.07, 6.45) is 0. The van der Waals surface area contributed by atoms with Gasteiger partial charge in [-0.3, -0.25) is 4.79 Å². The SMILES string of the molecule is CN(Cc1ccccc1Br)C(=O)c1ccc(NC(N)=O)cc1. The normalized spacial score (nSPS) is 10.1.